The lowest BCUT2D eigenvalue weighted by Crippen LogP contribution is -1.94. The van der Waals surface area contributed by atoms with E-state index in [1.54, 1.807) is 6.07 Å². The van der Waals surface area contributed by atoms with Crippen LogP contribution in [0.4, 0.5) is 4.39 Å². The van der Waals surface area contributed by atoms with E-state index in [2.05, 4.69) is 16.9 Å². The van der Waals surface area contributed by atoms with Gasteiger partial charge in [-0.2, -0.15) is 0 Å². The summed E-state index contributed by atoms with van der Waals surface area (Å²) in [5.74, 6) is 0.318. The highest BCUT2D eigenvalue weighted by Gasteiger charge is 2.09. The fourth-order valence-corrected chi connectivity index (χ4v) is 3.25. The smallest absolute Gasteiger partial charge is 0.159 e. The largest absolute Gasteiger partial charge is 0.236 e. The van der Waals surface area contributed by atoms with Gasteiger partial charge < -0.3 is 0 Å². The summed E-state index contributed by atoms with van der Waals surface area (Å²) in [6.07, 6.45) is 12.4. The molecular weight excluding hydrogens is 335 g/mol. The molecule has 0 bridgehead atoms. The average Bonchev–Trinajstić information content (AvgIpc) is 2.71. The normalized spacial score (nSPS) is 10.9. The highest BCUT2D eigenvalue weighted by Crippen LogP contribution is 2.26. The molecule has 0 atom stereocenters. The van der Waals surface area contributed by atoms with Crippen molar-refractivity contribution >= 4 is 0 Å². The van der Waals surface area contributed by atoms with Gasteiger partial charge in [0, 0.05) is 23.5 Å². The third-order valence-electron chi connectivity index (χ3n) is 4.84. The molecule has 3 heteroatoms. The molecule has 1 heterocycles. The van der Waals surface area contributed by atoms with Gasteiger partial charge in [-0.15, -0.1) is 0 Å². The molecule has 0 fully saturated rings. The van der Waals surface area contributed by atoms with Gasteiger partial charge in [-0.3, -0.25) is 0 Å². The Bertz CT molecular complexity index is 829. The molecule has 3 rings (SSSR count). The van der Waals surface area contributed by atoms with Crippen LogP contribution in [0.2, 0.25) is 0 Å². The van der Waals surface area contributed by atoms with Crippen LogP contribution in [0.5, 0.6) is 0 Å². The number of hydrogen-bond donors (Lipinski definition) is 0. The van der Waals surface area contributed by atoms with E-state index in [0.29, 0.717) is 17.0 Å². The molecular formula is C24H27FN2. The zero-order valence-corrected chi connectivity index (χ0v) is 16.0. The molecule has 0 radical (unpaired) electrons. The minimum atomic E-state index is -0.251. The maximum absolute atomic E-state index is 14.5. The Balaban J connectivity index is 1.61. The molecule has 0 N–H and O–H groups in total. The summed E-state index contributed by atoms with van der Waals surface area (Å²) >= 11 is 0. The van der Waals surface area contributed by atoms with Crippen LogP contribution in [0.25, 0.3) is 22.5 Å². The van der Waals surface area contributed by atoms with Crippen molar-refractivity contribution in [1.29, 1.82) is 0 Å². The van der Waals surface area contributed by atoms with Crippen LogP contribution >= 0.6 is 0 Å². The first-order valence-electron chi connectivity index (χ1n) is 9.94. The molecule has 0 aliphatic heterocycles. The van der Waals surface area contributed by atoms with E-state index in [4.69, 9.17) is 0 Å². The Morgan fingerprint density at radius 2 is 1.48 bits per heavy atom. The molecule has 0 unspecified atom stereocenters. The molecule has 0 saturated carbocycles. The van der Waals surface area contributed by atoms with Crippen molar-refractivity contribution in [3.05, 3.63) is 72.3 Å². The van der Waals surface area contributed by atoms with E-state index in [1.807, 2.05) is 48.8 Å². The van der Waals surface area contributed by atoms with E-state index in [0.717, 1.165) is 17.5 Å². The summed E-state index contributed by atoms with van der Waals surface area (Å²) < 4.78 is 14.5. The highest BCUT2D eigenvalue weighted by atomic mass is 19.1. The predicted octanol–water partition coefficient (Wildman–Crippen LogP) is 6.85. The maximum Gasteiger partial charge on any atom is 0.159 e. The summed E-state index contributed by atoms with van der Waals surface area (Å²) in [5.41, 5.74) is 3.32. The van der Waals surface area contributed by atoms with Crippen molar-refractivity contribution in [2.45, 2.75) is 51.9 Å². The van der Waals surface area contributed by atoms with Crippen LogP contribution in [0.1, 0.15) is 51.0 Å². The average molecular weight is 362 g/mol. The summed E-state index contributed by atoms with van der Waals surface area (Å²) in [7, 11) is 0. The molecule has 27 heavy (non-hydrogen) atoms. The number of aromatic nitrogens is 2. The third kappa shape index (κ3) is 5.46. The lowest BCUT2D eigenvalue weighted by molar-refractivity contribution is 0.607. The van der Waals surface area contributed by atoms with Crippen LogP contribution in [-0.2, 0) is 6.42 Å². The number of hydrogen-bond acceptors (Lipinski definition) is 2. The zero-order chi connectivity index (χ0) is 18.9. The van der Waals surface area contributed by atoms with Gasteiger partial charge in [0.05, 0.1) is 0 Å². The Labute approximate surface area is 161 Å². The lowest BCUT2D eigenvalue weighted by Gasteiger charge is -2.07. The van der Waals surface area contributed by atoms with Crippen molar-refractivity contribution < 1.29 is 4.39 Å². The second-order valence-corrected chi connectivity index (χ2v) is 6.99. The van der Waals surface area contributed by atoms with Gasteiger partial charge in [-0.25, -0.2) is 14.4 Å². The zero-order valence-electron chi connectivity index (χ0n) is 16.0. The Hall–Kier alpha value is -2.55. The summed E-state index contributed by atoms with van der Waals surface area (Å²) in [4.78, 5) is 8.89. The quantitative estimate of drug-likeness (QED) is 0.389. The van der Waals surface area contributed by atoms with E-state index in [-0.39, 0.29) is 5.82 Å². The number of unbranched alkanes of at least 4 members (excludes halogenated alkanes) is 5. The van der Waals surface area contributed by atoms with E-state index in [1.165, 1.54) is 44.6 Å². The topological polar surface area (TPSA) is 25.8 Å². The van der Waals surface area contributed by atoms with Gasteiger partial charge in [0.1, 0.15) is 5.82 Å². The van der Waals surface area contributed by atoms with Crippen LogP contribution < -0.4 is 0 Å². The van der Waals surface area contributed by atoms with Gasteiger partial charge in [0.2, 0.25) is 0 Å². The first-order valence-corrected chi connectivity index (χ1v) is 9.94. The fourth-order valence-electron chi connectivity index (χ4n) is 3.25. The predicted molar refractivity (Wildman–Crippen MR) is 110 cm³/mol. The Morgan fingerprint density at radius 3 is 2.19 bits per heavy atom. The van der Waals surface area contributed by atoms with Crippen LogP contribution in [0, 0.1) is 5.82 Å². The van der Waals surface area contributed by atoms with Gasteiger partial charge in [-0.05, 0) is 30.0 Å². The summed E-state index contributed by atoms with van der Waals surface area (Å²) in [5, 5.41) is 0. The van der Waals surface area contributed by atoms with Crippen LogP contribution in [0.15, 0.2) is 60.9 Å². The number of halogens is 1. The molecule has 2 aromatic carbocycles. The first-order chi connectivity index (χ1) is 13.3. The molecule has 0 amide bonds. The van der Waals surface area contributed by atoms with Gasteiger partial charge in [0.15, 0.2) is 5.82 Å². The summed E-state index contributed by atoms with van der Waals surface area (Å²) in [6.45, 7) is 2.24. The summed E-state index contributed by atoms with van der Waals surface area (Å²) in [6, 6.07) is 14.8. The van der Waals surface area contributed by atoms with Gasteiger partial charge in [0.25, 0.3) is 0 Å². The van der Waals surface area contributed by atoms with Crippen LogP contribution in [0.3, 0.4) is 0 Å². The molecule has 140 valence electrons. The van der Waals surface area contributed by atoms with E-state index >= 15 is 0 Å². The number of benzene rings is 2. The SMILES string of the molecule is CCCCCCCCc1cnc(-c2ccc(-c3ccccc3)c(F)c2)nc1. The second-order valence-electron chi connectivity index (χ2n) is 6.99. The molecule has 1 aromatic heterocycles. The molecule has 0 saturated heterocycles. The second kappa shape index (κ2) is 9.96. The number of aryl methyl sites for hydroxylation is 1. The van der Waals surface area contributed by atoms with Crippen LogP contribution in [-0.4, -0.2) is 9.97 Å². The molecule has 0 aliphatic carbocycles. The van der Waals surface area contributed by atoms with Crippen molar-refractivity contribution in [3.63, 3.8) is 0 Å². The molecule has 2 nitrogen and oxygen atoms in total. The van der Waals surface area contributed by atoms with E-state index in [9.17, 15) is 4.39 Å². The van der Waals surface area contributed by atoms with Gasteiger partial charge in [-0.1, -0.05) is 81.5 Å². The monoisotopic (exact) mass is 362 g/mol. The van der Waals surface area contributed by atoms with Crippen molar-refractivity contribution in [1.82, 2.24) is 9.97 Å². The van der Waals surface area contributed by atoms with Crippen molar-refractivity contribution in [2.24, 2.45) is 0 Å². The molecule has 0 spiro atoms. The first kappa shape index (κ1) is 19.2. The highest BCUT2D eigenvalue weighted by molar-refractivity contribution is 5.68. The number of nitrogens with zero attached hydrogens (tertiary/aromatic N) is 2. The maximum atomic E-state index is 14.5. The Morgan fingerprint density at radius 1 is 0.778 bits per heavy atom. The van der Waals surface area contributed by atoms with Gasteiger partial charge >= 0.3 is 0 Å². The third-order valence-corrected chi connectivity index (χ3v) is 4.84. The van der Waals surface area contributed by atoms with Crippen molar-refractivity contribution in [2.75, 3.05) is 0 Å². The fraction of sp³-hybridized carbons (Fsp3) is 0.333. The minimum Gasteiger partial charge on any atom is -0.236 e. The van der Waals surface area contributed by atoms with E-state index < -0.39 is 0 Å². The lowest BCUT2D eigenvalue weighted by atomic mass is 10.0. The molecule has 3 aromatic rings. The Kier molecular flexibility index (Phi) is 7.09. The molecule has 0 aliphatic rings. The number of rotatable bonds is 9. The minimum absolute atomic E-state index is 0.251. The van der Waals surface area contributed by atoms with Crippen molar-refractivity contribution in [3.8, 4) is 22.5 Å². The standard InChI is InChI=1S/C24H27FN2/c1-2-3-4-5-6-8-11-19-17-26-24(27-18-19)21-14-15-22(23(25)16-21)20-12-9-7-10-13-20/h7,9-10,12-18H,2-6,8,11H2,1H3.